The fraction of sp³-hybridized carbons (Fsp3) is 0.538. The second-order valence-corrected chi connectivity index (χ2v) is 4.60. The molecule has 0 bridgehead atoms. The second-order valence-electron chi connectivity index (χ2n) is 4.60. The normalized spacial score (nSPS) is 19.4. The van der Waals surface area contributed by atoms with Crippen molar-refractivity contribution in [2.75, 3.05) is 6.54 Å². The Bertz CT molecular complexity index is 311. The summed E-state index contributed by atoms with van der Waals surface area (Å²) in [6, 6.07) is 10.5. The smallest absolute Gasteiger partial charge is 0.0818 e. The van der Waals surface area contributed by atoms with Crippen LogP contribution in [0.15, 0.2) is 30.3 Å². The molecule has 2 atom stereocenters. The number of aliphatic hydroxyl groups excluding tert-OH is 1. The number of benzene rings is 1. The molecular weight excluding hydrogens is 200 g/mol. The van der Waals surface area contributed by atoms with Gasteiger partial charge in [-0.3, -0.25) is 0 Å². The second kappa shape index (κ2) is 5.43. The predicted octanol–water partition coefficient (Wildman–Crippen LogP) is 0.669. The molecule has 0 heterocycles. The van der Waals surface area contributed by atoms with Crippen molar-refractivity contribution in [3.63, 3.8) is 0 Å². The Hall–Kier alpha value is -0.900. The Kier molecular flexibility index (Phi) is 3.93. The SMILES string of the molecule is NC(Cc1ccccc1)C(O)CNC1CC1. The zero-order valence-corrected chi connectivity index (χ0v) is 9.47. The lowest BCUT2D eigenvalue weighted by Crippen LogP contribution is -2.43. The molecule has 0 saturated heterocycles. The zero-order chi connectivity index (χ0) is 11.4. The maximum absolute atomic E-state index is 9.87. The molecule has 0 amide bonds. The van der Waals surface area contributed by atoms with Gasteiger partial charge in [-0.1, -0.05) is 30.3 Å². The van der Waals surface area contributed by atoms with E-state index in [0.717, 1.165) is 6.42 Å². The van der Waals surface area contributed by atoms with E-state index in [1.165, 1.54) is 18.4 Å². The molecule has 1 aromatic carbocycles. The Morgan fingerprint density at radius 2 is 2.00 bits per heavy atom. The Balaban J connectivity index is 1.75. The van der Waals surface area contributed by atoms with Crippen LogP contribution in [0.5, 0.6) is 0 Å². The average Bonchev–Trinajstić information content (AvgIpc) is 3.11. The van der Waals surface area contributed by atoms with Gasteiger partial charge in [0, 0.05) is 18.6 Å². The van der Waals surface area contributed by atoms with Gasteiger partial charge < -0.3 is 16.2 Å². The van der Waals surface area contributed by atoms with E-state index in [2.05, 4.69) is 5.32 Å². The van der Waals surface area contributed by atoms with E-state index >= 15 is 0 Å². The fourth-order valence-electron chi connectivity index (χ4n) is 1.75. The van der Waals surface area contributed by atoms with E-state index in [-0.39, 0.29) is 6.04 Å². The first kappa shape index (κ1) is 11.6. The molecule has 0 aliphatic heterocycles. The number of nitrogens with two attached hydrogens (primary N) is 1. The van der Waals surface area contributed by atoms with Crippen LogP contribution in [0.1, 0.15) is 18.4 Å². The summed E-state index contributed by atoms with van der Waals surface area (Å²) in [6.45, 7) is 0.610. The van der Waals surface area contributed by atoms with Crippen LogP contribution in [0.2, 0.25) is 0 Å². The van der Waals surface area contributed by atoms with Crippen LogP contribution in [0.4, 0.5) is 0 Å². The highest BCUT2D eigenvalue weighted by Crippen LogP contribution is 2.18. The minimum absolute atomic E-state index is 0.186. The Morgan fingerprint density at radius 1 is 1.31 bits per heavy atom. The monoisotopic (exact) mass is 220 g/mol. The standard InChI is InChI=1S/C13H20N2O/c14-12(8-10-4-2-1-3-5-10)13(16)9-15-11-6-7-11/h1-5,11-13,15-16H,6-9,14H2. The number of nitrogens with one attached hydrogen (secondary N) is 1. The van der Waals surface area contributed by atoms with Gasteiger partial charge in [0.1, 0.15) is 0 Å². The molecule has 4 N–H and O–H groups in total. The first-order valence-electron chi connectivity index (χ1n) is 5.96. The van der Waals surface area contributed by atoms with Gasteiger partial charge in [0.15, 0.2) is 0 Å². The first-order chi connectivity index (χ1) is 7.75. The Labute approximate surface area is 96.7 Å². The highest BCUT2D eigenvalue weighted by Gasteiger charge is 2.23. The molecule has 0 aromatic heterocycles. The van der Waals surface area contributed by atoms with Gasteiger partial charge in [-0.05, 0) is 24.8 Å². The lowest BCUT2D eigenvalue weighted by molar-refractivity contribution is 0.141. The molecule has 2 unspecified atom stereocenters. The number of hydrogen-bond acceptors (Lipinski definition) is 3. The van der Waals surface area contributed by atoms with Gasteiger partial charge in [-0.25, -0.2) is 0 Å². The van der Waals surface area contributed by atoms with Gasteiger partial charge in [0.05, 0.1) is 6.10 Å². The largest absolute Gasteiger partial charge is 0.390 e. The zero-order valence-electron chi connectivity index (χ0n) is 9.47. The Morgan fingerprint density at radius 3 is 2.62 bits per heavy atom. The van der Waals surface area contributed by atoms with Crippen LogP contribution < -0.4 is 11.1 Å². The third-order valence-electron chi connectivity index (χ3n) is 3.00. The highest BCUT2D eigenvalue weighted by atomic mass is 16.3. The molecule has 2 rings (SSSR count). The molecule has 88 valence electrons. The molecule has 16 heavy (non-hydrogen) atoms. The van der Waals surface area contributed by atoms with Crippen LogP contribution in [-0.2, 0) is 6.42 Å². The summed E-state index contributed by atoms with van der Waals surface area (Å²) in [5.74, 6) is 0. The van der Waals surface area contributed by atoms with Crippen LogP contribution in [0.3, 0.4) is 0 Å². The molecule has 0 spiro atoms. The summed E-state index contributed by atoms with van der Waals surface area (Å²) in [4.78, 5) is 0. The summed E-state index contributed by atoms with van der Waals surface area (Å²) in [5.41, 5.74) is 7.15. The minimum Gasteiger partial charge on any atom is -0.390 e. The van der Waals surface area contributed by atoms with Crippen molar-refractivity contribution in [1.29, 1.82) is 0 Å². The molecule has 1 aliphatic carbocycles. The van der Waals surface area contributed by atoms with E-state index in [1.54, 1.807) is 0 Å². The van der Waals surface area contributed by atoms with Gasteiger partial charge in [-0.15, -0.1) is 0 Å². The molecule has 3 nitrogen and oxygen atoms in total. The molecule has 1 aromatic rings. The summed E-state index contributed by atoms with van der Waals surface area (Å²) in [5, 5.41) is 13.2. The predicted molar refractivity (Wildman–Crippen MR) is 65.2 cm³/mol. The van der Waals surface area contributed by atoms with E-state index in [9.17, 15) is 5.11 Å². The van der Waals surface area contributed by atoms with E-state index in [1.807, 2.05) is 30.3 Å². The van der Waals surface area contributed by atoms with Crippen molar-refractivity contribution in [3.05, 3.63) is 35.9 Å². The van der Waals surface area contributed by atoms with Crippen LogP contribution >= 0.6 is 0 Å². The van der Waals surface area contributed by atoms with Crippen molar-refractivity contribution in [1.82, 2.24) is 5.32 Å². The number of hydrogen-bond donors (Lipinski definition) is 3. The van der Waals surface area contributed by atoms with Gasteiger partial charge in [0.25, 0.3) is 0 Å². The summed E-state index contributed by atoms with van der Waals surface area (Å²) >= 11 is 0. The maximum atomic E-state index is 9.87. The average molecular weight is 220 g/mol. The molecule has 1 saturated carbocycles. The van der Waals surface area contributed by atoms with E-state index in [0.29, 0.717) is 12.6 Å². The molecular formula is C13H20N2O. The fourth-order valence-corrected chi connectivity index (χ4v) is 1.75. The molecule has 1 fully saturated rings. The third kappa shape index (κ3) is 3.59. The quantitative estimate of drug-likeness (QED) is 0.660. The molecule has 3 heteroatoms. The van der Waals surface area contributed by atoms with E-state index < -0.39 is 6.10 Å². The van der Waals surface area contributed by atoms with Gasteiger partial charge in [-0.2, -0.15) is 0 Å². The minimum atomic E-state index is -0.458. The van der Waals surface area contributed by atoms with Crippen LogP contribution in [0, 0.1) is 0 Å². The van der Waals surface area contributed by atoms with Crippen molar-refractivity contribution in [3.8, 4) is 0 Å². The topological polar surface area (TPSA) is 58.3 Å². The third-order valence-corrected chi connectivity index (χ3v) is 3.00. The lowest BCUT2D eigenvalue weighted by atomic mass is 10.0. The number of rotatable bonds is 6. The maximum Gasteiger partial charge on any atom is 0.0818 e. The van der Waals surface area contributed by atoms with Gasteiger partial charge >= 0.3 is 0 Å². The summed E-state index contributed by atoms with van der Waals surface area (Å²) in [6.07, 6.45) is 2.75. The van der Waals surface area contributed by atoms with Gasteiger partial charge in [0.2, 0.25) is 0 Å². The first-order valence-corrected chi connectivity index (χ1v) is 5.96. The van der Waals surface area contributed by atoms with Crippen molar-refractivity contribution < 1.29 is 5.11 Å². The van der Waals surface area contributed by atoms with Crippen molar-refractivity contribution in [2.45, 2.75) is 37.5 Å². The highest BCUT2D eigenvalue weighted by molar-refractivity contribution is 5.16. The lowest BCUT2D eigenvalue weighted by Gasteiger charge is -2.19. The summed E-state index contributed by atoms with van der Waals surface area (Å²) < 4.78 is 0. The number of aliphatic hydroxyl groups is 1. The van der Waals surface area contributed by atoms with Crippen LogP contribution in [0.25, 0.3) is 0 Å². The van der Waals surface area contributed by atoms with Crippen molar-refractivity contribution >= 4 is 0 Å². The van der Waals surface area contributed by atoms with Crippen molar-refractivity contribution in [2.24, 2.45) is 5.73 Å². The molecule has 1 aliphatic rings. The summed E-state index contributed by atoms with van der Waals surface area (Å²) in [7, 11) is 0. The van der Waals surface area contributed by atoms with Crippen LogP contribution in [-0.4, -0.2) is 29.8 Å². The molecule has 0 radical (unpaired) electrons. The van der Waals surface area contributed by atoms with E-state index in [4.69, 9.17) is 5.73 Å².